The van der Waals surface area contributed by atoms with E-state index < -0.39 is 15.8 Å². The topological polar surface area (TPSA) is 63.4 Å². The molecule has 0 saturated carbocycles. The van der Waals surface area contributed by atoms with Crippen LogP contribution in [0.25, 0.3) is 0 Å². The first-order valence-electron chi connectivity index (χ1n) is 6.58. The first kappa shape index (κ1) is 13.9. The Hall–Kier alpha value is -2.08. The summed E-state index contributed by atoms with van der Waals surface area (Å²) < 4.78 is 39.9. The van der Waals surface area contributed by atoms with Crippen LogP contribution in [0, 0.1) is 5.82 Å². The Morgan fingerprint density at radius 3 is 2.52 bits per heavy atom. The van der Waals surface area contributed by atoms with Gasteiger partial charge in [-0.1, -0.05) is 6.07 Å². The number of rotatable bonds is 2. The number of hydrogen-bond acceptors (Lipinski definition) is 3. The first-order valence-corrected chi connectivity index (χ1v) is 8.02. The SMILES string of the molecule is C[C@@H]1Cc2ccc(N)cc2N1S(=O)(=O)c1ccc(F)cc1. The number of nitrogens with two attached hydrogens (primary N) is 1. The van der Waals surface area contributed by atoms with Crippen LogP contribution in [0.5, 0.6) is 0 Å². The Labute approximate surface area is 123 Å². The average Bonchev–Trinajstić information content (AvgIpc) is 2.75. The summed E-state index contributed by atoms with van der Waals surface area (Å²) in [5.74, 6) is -0.465. The lowest BCUT2D eigenvalue weighted by Crippen LogP contribution is -2.35. The van der Waals surface area contributed by atoms with Gasteiger partial charge in [-0.2, -0.15) is 0 Å². The first-order chi connectivity index (χ1) is 9.89. The molecule has 2 aromatic carbocycles. The number of hydrogen-bond donors (Lipinski definition) is 1. The van der Waals surface area contributed by atoms with Gasteiger partial charge in [-0.25, -0.2) is 12.8 Å². The van der Waals surface area contributed by atoms with Crippen molar-refractivity contribution in [2.24, 2.45) is 0 Å². The molecule has 0 aromatic heterocycles. The maximum Gasteiger partial charge on any atom is 0.264 e. The monoisotopic (exact) mass is 306 g/mol. The summed E-state index contributed by atoms with van der Waals surface area (Å²) in [6.45, 7) is 1.84. The number of benzene rings is 2. The fourth-order valence-corrected chi connectivity index (χ4v) is 4.37. The van der Waals surface area contributed by atoms with Crippen LogP contribution in [0.2, 0.25) is 0 Å². The van der Waals surface area contributed by atoms with E-state index in [1.807, 2.05) is 13.0 Å². The molecule has 1 aliphatic rings. The highest BCUT2D eigenvalue weighted by Crippen LogP contribution is 2.37. The van der Waals surface area contributed by atoms with E-state index in [1.54, 1.807) is 12.1 Å². The molecule has 0 saturated heterocycles. The number of fused-ring (bicyclic) bond motifs is 1. The third-order valence-electron chi connectivity index (χ3n) is 3.63. The van der Waals surface area contributed by atoms with E-state index >= 15 is 0 Å². The van der Waals surface area contributed by atoms with Crippen LogP contribution in [0.15, 0.2) is 47.4 Å². The lowest BCUT2D eigenvalue weighted by Gasteiger charge is -2.24. The highest BCUT2D eigenvalue weighted by molar-refractivity contribution is 7.92. The van der Waals surface area contributed by atoms with E-state index in [4.69, 9.17) is 5.73 Å². The molecular formula is C15H15FN2O2S. The van der Waals surface area contributed by atoms with Gasteiger partial charge in [0.25, 0.3) is 10.0 Å². The molecule has 2 N–H and O–H groups in total. The Balaban J connectivity index is 2.12. The number of anilines is 2. The highest BCUT2D eigenvalue weighted by Gasteiger charge is 2.36. The molecule has 1 atom stereocenters. The molecule has 110 valence electrons. The molecule has 0 radical (unpaired) electrons. The number of nitrogens with zero attached hydrogens (tertiary/aromatic N) is 1. The predicted octanol–water partition coefficient (Wildman–Crippen LogP) is 2.55. The lowest BCUT2D eigenvalue weighted by molar-refractivity contribution is 0.583. The van der Waals surface area contributed by atoms with Gasteiger partial charge in [0.05, 0.1) is 10.6 Å². The fraction of sp³-hybridized carbons (Fsp3) is 0.200. The fourth-order valence-electron chi connectivity index (χ4n) is 2.68. The van der Waals surface area contributed by atoms with E-state index in [2.05, 4.69) is 0 Å². The molecule has 2 aromatic rings. The summed E-state index contributed by atoms with van der Waals surface area (Å²) in [6.07, 6.45) is 0.635. The summed E-state index contributed by atoms with van der Waals surface area (Å²) in [4.78, 5) is 0.0750. The number of nitrogen functional groups attached to an aromatic ring is 1. The highest BCUT2D eigenvalue weighted by atomic mass is 32.2. The third-order valence-corrected chi connectivity index (χ3v) is 5.58. The van der Waals surface area contributed by atoms with E-state index in [0.717, 1.165) is 17.7 Å². The zero-order valence-corrected chi connectivity index (χ0v) is 12.3. The third kappa shape index (κ3) is 2.25. The zero-order chi connectivity index (χ0) is 15.2. The van der Waals surface area contributed by atoms with Gasteiger partial charge in [-0.15, -0.1) is 0 Å². The molecule has 0 aliphatic carbocycles. The maximum atomic E-state index is 13.0. The van der Waals surface area contributed by atoms with Crippen molar-refractivity contribution in [3.05, 3.63) is 53.8 Å². The lowest BCUT2D eigenvalue weighted by atomic mass is 10.1. The van der Waals surface area contributed by atoms with E-state index in [9.17, 15) is 12.8 Å². The summed E-state index contributed by atoms with van der Waals surface area (Å²) >= 11 is 0. The molecule has 21 heavy (non-hydrogen) atoms. The normalized spacial score (nSPS) is 17.8. The largest absolute Gasteiger partial charge is 0.399 e. The average molecular weight is 306 g/mol. The maximum absolute atomic E-state index is 13.0. The molecule has 0 fully saturated rings. The van der Waals surface area contributed by atoms with Crippen molar-refractivity contribution < 1.29 is 12.8 Å². The van der Waals surface area contributed by atoms with E-state index in [1.165, 1.54) is 16.4 Å². The zero-order valence-electron chi connectivity index (χ0n) is 11.5. The number of halogens is 1. The Bertz CT molecular complexity index is 788. The van der Waals surface area contributed by atoms with Gasteiger partial charge >= 0.3 is 0 Å². The second-order valence-electron chi connectivity index (χ2n) is 5.20. The van der Waals surface area contributed by atoms with E-state index in [0.29, 0.717) is 17.8 Å². The molecule has 1 aliphatic heterocycles. The van der Waals surface area contributed by atoms with Gasteiger partial charge in [0, 0.05) is 11.7 Å². The van der Waals surface area contributed by atoms with Gasteiger partial charge in [0.2, 0.25) is 0 Å². The quantitative estimate of drug-likeness (QED) is 0.867. The van der Waals surface area contributed by atoms with E-state index in [-0.39, 0.29) is 10.9 Å². The standard InChI is InChI=1S/C15H15FN2O2S/c1-10-8-11-2-5-13(17)9-15(11)18(10)21(19,20)14-6-3-12(16)4-7-14/h2-7,9-10H,8,17H2,1H3/t10-/m1/s1. The van der Waals surface area contributed by atoms with Crippen LogP contribution >= 0.6 is 0 Å². The van der Waals surface area contributed by atoms with Crippen molar-refractivity contribution >= 4 is 21.4 Å². The Morgan fingerprint density at radius 1 is 1.19 bits per heavy atom. The summed E-state index contributed by atoms with van der Waals surface area (Å²) in [5.41, 5.74) is 7.84. The molecule has 0 unspecified atom stereocenters. The minimum atomic E-state index is -3.72. The van der Waals surface area contributed by atoms with Crippen LogP contribution in [-0.4, -0.2) is 14.5 Å². The Morgan fingerprint density at radius 2 is 1.86 bits per heavy atom. The molecule has 4 nitrogen and oxygen atoms in total. The smallest absolute Gasteiger partial charge is 0.264 e. The summed E-state index contributed by atoms with van der Waals surface area (Å²) in [5, 5.41) is 0. The molecule has 0 spiro atoms. The van der Waals surface area contributed by atoms with Crippen molar-refractivity contribution in [3.63, 3.8) is 0 Å². The van der Waals surface area contributed by atoms with Crippen molar-refractivity contribution in [1.29, 1.82) is 0 Å². The molecule has 1 heterocycles. The van der Waals surface area contributed by atoms with Crippen LogP contribution < -0.4 is 10.0 Å². The van der Waals surface area contributed by atoms with Crippen LogP contribution in [0.3, 0.4) is 0 Å². The second-order valence-corrected chi connectivity index (χ2v) is 7.01. The van der Waals surface area contributed by atoms with Crippen molar-refractivity contribution in [1.82, 2.24) is 0 Å². The predicted molar refractivity (Wildman–Crippen MR) is 80.1 cm³/mol. The number of sulfonamides is 1. The van der Waals surface area contributed by atoms with Gasteiger partial charge in [0.1, 0.15) is 5.82 Å². The second kappa shape index (κ2) is 4.73. The molecule has 6 heteroatoms. The molecule has 0 bridgehead atoms. The van der Waals surface area contributed by atoms with Crippen molar-refractivity contribution in [3.8, 4) is 0 Å². The van der Waals surface area contributed by atoms with Crippen LogP contribution in [0.4, 0.5) is 15.8 Å². The summed E-state index contributed by atoms with van der Waals surface area (Å²) in [7, 11) is -3.72. The van der Waals surface area contributed by atoms with Gasteiger partial charge in [-0.05, 0) is 55.3 Å². The van der Waals surface area contributed by atoms with Crippen LogP contribution in [-0.2, 0) is 16.4 Å². The Kier molecular flexibility index (Phi) is 3.13. The van der Waals surface area contributed by atoms with Crippen molar-refractivity contribution in [2.45, 2.75) is 24.3 Å². The minimum absolute atomic E-state index is 0.0750. The van der Waals surface area contributed by atoms with Crippen molar-refractivity contribution in [2.75, 3.05) is 10.0 Å². The van der Waals surface area contributed by atoms with Gasteiger partial charge < -0.3 is 5.73 Å². The molecule has 3 rings (SSSR count). The van der Waals surface area contributed by atoms with Gasteiger partial charge in [0.15, 0.2) is 0 Å². The van der Waals surface area contributed by atoms with Crippen LogP contribution in [0.1, 0.15) is 12.5 Å². The molecular weight excluding hydrogens is 291 g/mol. The van der Waals surface area contributed by atoms with Gasteiger partial charge in [-0.3, -0.25) is 4.31 Å². The molecule has 0 amide bonds. The summed E-state index contributed by atoms with van der Waals surface area (Å²) in [6, 6.07) is 9.93. The minimum Gasteiger partial charge on any atom is -0.399 e.